The normalized spacial score (nSPS) is 15.8. The van der Waals surface area contributed by atoms with Crippen LogP contribution < -0.4 is 4.90 Å². The molecule has 0 N–H and O–H groups in total. The van der Waals surface area contributed by atoms with Gasteiger partial charge in [0.25, 0.3) is 0 Å². The molecule has 1 saturated heterocycles. The van der Waals surface area contributed by atoms with Gasteiger partial charge in [0.1, 0.15) is 6.54 Å². The zero-order valence-corrected chi connectivity index (χ0v) is 13.6. The smallest absolute Gasteiger partial charge is 0.341 e. The SMILES string of the molecule is CC(=O)N(CC(=O)N1CCCCCC1)c1cccc(C(F)(F)F)c1. The van der Waals surface area contributed by atoms with Crippen molar-refractivity contribution in [3.63, 3.8) is 0 Å². The summed E-state index contributed by atoms with van der Waals surface area (Å²) in [6.07, 6.45) is -0.542. The maximum absolute atomic E-state index is 12.9. The molecule has 0 bridgehead atoms. The molecule has 132 valence electrons. The third-order valence-electron chi connectivity index (χ3n) is 4.12. The number of carbonyl (C=O) groups excluding carboxylic acids is 2. The van der Waals surface area contributed by atoms with Crippen LogP contribution in [0.15, 0.2) is 24.3 Å². The van der Waals surface area contributed by atoms with Crippen LogP contribution in [0.25, 0.3) is 0 Å². The van der Waals surface area contributed by atoms with E-state index in [-0.39, 0.29) is 18.1 Å². The Kier molecular flexibility index (Phi) is 5.85. The lowest BCUT2D eigenvalue weighted by Gasteiger charge is -2.26. The Bertz CT molecular complexity index is 594. The summed E-state index contributed by atoms with van der Waals surface area (Å²) in [6, 6.07) is 4.49. The van der Waals surface area contributed by atoms with Crippen LogP contribution in [-0.4, -0.2) is 36.3 Å². The van der Waals surface area contributed by atoms with Crippen LogP contribution >= 0.6 is 0 Å². The first kappa shape index (κ1) is 18.3. The highest BCUT2D eigenvalue weighted by atomic mass is 19.4. The van der Waals surface area contributed by atoms with Crippen LogP contribution in [0.3, 0.4) is 0 Å². The van der Waals surface area contributed by atoms with Crippen LogP contribution in [0.1, 0.15) is 38.2 Å². The number of hydrogen-bond donors (Lipinski definition) is 0. The van der Waals surface area contributed by atoms with Gasteiger partial charge >= 0.3 is 6.18 Å². The zero-order valence-electron chi connectivity index (χ0n) is 13.6. The first-order valence-electron chi connectivity index (χ1n) is 8.02. The van der Waals surface area contributed by atoms with Crippen LogP contribution in [0.5, 0.6) is 0 Å². The van der Waals surface area contributed by atoms with Gasteiger partial charge in [0, 0.05) is 25.7 Å². The molecule has 0 atom stereocenters. The summed E-state index contributed by atoms with van der Waals surface area (Å²) < 4.78 is 38.6. The number of benzene rings is 1. The van der Waals surface area contributed by atoms with E-state index in [2.05, 4.69) is 0 Å². The highest BCUT2D eigenvalue weighted by molar-refractivity contribution is 5.97. The highest BCUT2D eigenvalue weighted by Gasteiger charge is 2.31. The van der Waals surface area contributed by atoms with Crippen LogP contribution in [0.2, 0.25) is 0 Å². The van der Waals surface area contributed by atoms with E-state index in [4.69, 9.17) is 0 Å². The number of nitrogens with zero attached hydrogens (tertiary/aromatic N) is 2. The summed E-state index contributed by atoms with van der Waals surface area (Å²) in [6.45, 7) is 2.27. The molecule has 24 heavy (non-hydrogen) atoms. The fourth-order valence-corrected chi connectivity index (χ4v) is 2.79. The summed E-state index contributed by atoms with van der Waals surface area (Å²) in [5.74, 6) is -0.693. The third-order valence-corrected chi connectivity index (χ3v) is 4.12. The van der Waals surface area contributed by atoms with E-state index < -0.39 is 17.6 Å². The van der Waals surface area contributed by atoms with E-state index in [1.54, 1.807) is 4.90 Å². The van der Waals surface area contributed by atoms with E-state index >= 15 is 0 Å². The molecule has 2 rings (SSSR count). The van der Waals surface area contributed by atoms with Crippen molar-refractivity contribution in [2.45, 2.75) is 38.8 Å². The fraction of sp³-hybridized carbons (Fsp3) is 0.529. The average Bonchev–Trinajstić information content (AvgIpc) is 2.80. The van der Waals surface area contributed by atoms with Crippen molar-refractivity contribution >= 4 is 17.5 Å². The number of alkyl halides is 3. The van der Waals surface area contributed by atoms with Gasteiger partial charge in [-0.05, 0) is 31.0 Å². The fourth-order valence-electron chi connectivity index (χ4n) is 2.79. The number of amides is 2. The Hall–Kier alpha value is -2.05. The standard InChI is InChI=1S/C17H21F3N2O2/c1-13(23)22(12-16(24)21-9-4-2-3-5-10-21)15-8-6-7-14(11-15)17(18,19)20/h6-8,11H,2-5,9-10,12H2,1H3. The Morgan fingerprint density at radius 1 is 1.12 bits per heavy atom. The first-order valence-corrected chi connectivity index (χ1v) is 8.02. The predicted octanol–water partition coefficient (Wildman–Crippen LogP) is 3.46. The second-order valence-corrected chi connectivity index (χ2v) is 5.95. The lowest BCUT2D eigenvalue weighted by Crippen LogP contribution is -2.42. The van der Waals surface area contributed by atoms with Crippen LogP contribution in [0.4, 0.5) is 18.9 Å². The molecule has 4 nitrogen and oxygen atoms in total. The van der Waals surface area contributed by atoms with Gasteiger partial charge < -0.3 is 9.80 Å². The number of carbonyl (C=O) groups is 2. The molecule has 1 fully saturated rings. The van der Waals surface area contributed by atoms with Crippen molar-refractivity contribution in [3.8, 4) is 0 Å². The molecule has 1 aliphatic rings. The van der Waals surface area contributed by atoms with E-state index in [9.17, 15) is 22.8 Å². The molecular formula is C17H21F3N2O2. The Morgan fingerprint density at radius 2 is 1.75 bits per heavy atom. The highest BCUT2D eigenvalue weighted by Crippen LogP contribution is 2.31. The molecule has 0 unspecified atom stereocenters. The number of halogens is 3. The second kappa shape index (κ2) is 7.68. The van der Waals surface area contributed by atoms with Crippen LogP contribution in [-0.2, 0) is 15.8 Å². The predicted molar refractivity (Wildman–Crippen MR) is 84.5 cm³/mol. The van der Waals surface area contributed by atoms with Gasteiger partial charge in [-0.3, -0.25) is 9.59 Å². The van der Waals surface area contributed by atoms with Crippen molar-refractivity contribution in [1.29, 1.82) is 0 Å². The molecule has 1 aromatic carbocycles. The molecule has 0 spiro atoms. The molecule has 0 aliphatic carbocycles. The van der Waals surface area contributed by atoms with Gasteiger partial charge in [-0.2, -0.15) is 13.2 Å². The summed E-state index contributed by atoms with van der Waals surface area (Å²) in [5.41, 5.74) is -0.756. The minimum atomic E-state index is -4.49. The van der Waals surface area contributed by atoms with Gasteiger partial charge in [-0.1, -0.05) is 18.9 Å². The molecule has 1 heterocycles. The van der Waals surface area contributed by atoms with Gasteiger partial charge in [0.05, 0.1) is 5.56 Å². The van der Waals surface area contributed by atoms with E-state index in [1.807, 2.05) is 0 Å². The van der Waals surface area contributed by atoms with Gasteiger partial charge in [-0.15, -0.1) is 0 Å². The van der Waals surface area contributed by atoms with Crippen molar-refractivity contribution in [2.24, 2.45) is 0 Å². The first-order chi connectivity index (χ1) is 11.3. The van der Waals surface area contributed by atoms with Crippen molar-refractivity contribution in [3.05, 3.63) is 29.8 Å². The second-order valence-electron chi connectivity index (χ2n) is 5.95. The maximum atomic E-state index is 12.9. The monoisotopic (exact) mass is 342 g/mol. The van der Waals surface area contributed by atoms with Gasteiger partial charge in [-0.25, -0.2) is 0 Å². The van der Waals surface area contributed by atoms with E-state index in [0.29, 0.717) is 13.1 Å². The summed E-state index contributed by atoms with van der Waals surface area (Å²) in [5, 5.41) is 0. The topological polar surface area (TPSA) is 40.6 Å². The van der Waals surface area contributed by atoms with Crippen molar-refractivity contribution in [1.82, 2.24) is 4.90 Å². The largest absolute Gasteiger partial charge is 0.416 e. The minimum Gasteiger partial charge on any atom is -0.341 e. The number of rotatable bonds is 3. The van der Waals surface area contributed by atoms with E-state index in [1.165, 1.54) is 19.1 Å². The molecule has 1 aromatic rings. The molecule has 0 saturated carbocycles. The lowest BCUT2D eigenvalue weighted by molar-refractivity contribution is -0.137. The third kappa shape index (κ3) is 4.72. The maximum Gasteiger partial charge on any atom is 0.416 e. The molecular weight excluding hydrogens is 321 g/mol. The Balaban J connectivity index is 2.17. The molecule has 7 heteroatoms. The summed E-state index contributed by atoms with van der Waals surface area (Å²) >= 11 is 0. The molecule has 0 aromatic heterocycles. The molecule has 2 amide bonds. The summed E-state index contributed by atoms with van der Waals surface area (Å²) in [7, 11) is 0. The van der Waals surface area contributed by atoms with Gasteiger partial charge in [0.2, 0.25) is 11.8 Å². The Morgan fingerprint density at radius 3 is 2.29 bits per heavy atom. The average molecular weight is 342 g/mol. The quantitative estimate of drug-likeness (QED) is 0.844. The van der Waals surface area contributed by atoms with Crippen molar-refractivity contribution < 1.29 is 22.8 Å². The number of hydrogen-bond acceptors (Lipinski definition) is 2. The van der Waals surface area contributed by atoms with Crippen molar-refractivity contribution in [2.75, 3.05) is 24.5 Å². The van der Waals surface area contributed by atoms with Crippen LogP contribution in [0, 0.1) is 0 Å². The summed E-state index contributed by atoms with van der Waals surface area (Å²) in [4.78, 5) is 27.1. The zero-order chi connectivity index (χ0) is 17.7. The molecule has 0 radical (unpaired) electrons. The van der Waals surface area contributed by atoms with Gasteiger partial charge in [0.15, 0.2) is 0 Å². The molecule has 1 aliphatic heterocycles. The number of likely N-dealkylation sites (tertiary alicyclic amines) is 1. The number of anilines is 1. The minimum absolute atomic E-state index is 0.0838. The Labute approximate surface area is 139 Å². The lowest BCUT2D eigenvalue weighted by atomic mass is 10.1. The van der Waals surface area contributed by atoms with E-state index in [0.717, 1.165) is 42.7 Å².